The van der Waals surface area contributed by atoms with E-state index >= 15 is 0 Å². The van der Waals surface area contributed by atoms with Gasteiger partial charge in [0, 0.05) is 30.0 Å². The van der Waals surface area contributed by atoms with Crippen molar-refractivity contribution in [1.29, 1.82) is 0 Å². The molecule has 0 fully saturated rings. The molecule has 0 unspecified atom stereocenters. The molecule has 2 N–H and O–H groups in total. The molecule has 0 bridgehead atoms. The van der Waals surface area contributed by atoms with Gasteiger partial charge in [-0.05, 0) is 42.3 Å². The van der Waals surface area contributed by atoms with Crippen LogP contribution in [0.15, 0.2) is 63.6 Å². The first-order valence-corrected chi connectivity index (χ1v) is 7.82. The fourth-order valence-electron chi connectivity index (χ4n) is 2.55. The summed E-state index contributed by atoms with van der Waals surface area (Å²) >= 11 is 0. The number of fused-ring (bicyclic) bond motifs is 1. The van der Waals surface area contributed by atoms with Crippen LogP contribution in [0.3, 0.4) is 0 Å². The number of carbonyl (C=O) groups excluding carboxylic acids is 1. The minimum absolute atomic E-state index is 0.207. The van der Waals surface area contributed by atoms with Crippen molar-refractivity contribution in [3.8, 4) is 11.1 Å². The second-order valence-corrected chi connectivity index (χ2v) is 5.32. The van der Waals surface area contributed by atoms with Crippen LogP contribution in [-0.2, 0) is 9.53 Å². The Kier molecular flexibility index (Phi) is 4.94. The van der Waals surface area contributed by atoms with Crippen molar-refractivity contribution in [2.24, 2.45) is 21.2 Å². The number of esters is 1. The molecule has 2 heterocycles. The van der Waals surface area contributed by atoms with Crippen LogP contribution in [0.2, 0.25) is 0 Å². The van der Waals surface area contributed by atoms with Gasteiger partial charge in [-0.1, -0.05) is 17.4 Å². The zero-order valence-electron chi connectivity index (χ0n) is 13.7. The molecule has 7 nitrogen and oxygen atoms in total. The van der Waals surface area contributed by atoms with Gasteiger partial charge in [0.25, 0.3) is 0 Å². The third kappa shape index (κ3) is 3.77. The summed E-state index contributed by atoms with van der Waals surface area (Å²) in [6.45, 7) is 2.06. The highest BCUT2D eigenvalue weighted by Gasteiger charge is 2.19. The summed E-state index contributed by atoms with van der Waals surface area (Å²) in [7, 11) is 0. The summed E-state index contributed by atoms with van der Waals surface area (Å²) in [5.41, 5.74) is 3.97. The van der Waals surface area contributed by atoms with E-state index < -0.39 is 5.97 Å². The number of amidine groups is 1. The first-order chi connectivity index (χ1) is 12.2. The third-order valence-corrected chi connectivity index (χ3v) is 3.68. The van der Waals surface area contributed by atoms with Crippen molar-refractivity contribution >= 4 is 23.6 Å². The maximum atomic E-state index is 12.1. The van der Waals surface area contributed by atoms with Crippen LogP contribution in [0.5, 0.6) is 0 Å². The second-order valence-electron chi connectivity index (χ2n) is 5.32. The number of hydrogen-bond acceptors (Lipinski definition) is 6. The zero-order chi connectivity index (χ0) is 17.6. The Morgan fingerprint density at radius 3 is 2.76 bits per heavy atom. The van der Waals surface area contributed by atoms with E-state index in [1.807, 2.05) is 30.3 Å². The van der Waals surface area contributed by atoms with Crippen molar-refractivity contribution in [3.05, 3.63) is 53.9 Å². The Balaban J connectivity index is 2.08. The number of hydrogen-bond donors (Lipinski definition) is 1. The zero-order valence-corrected chi connectivity index (χ0v) is 13.7. The topological polar surface area (TPSA) is 102 Å². The maximum Gasteiger partial charge on any atom is 0.334 e. The lowest BCUT2D eigenvalue weighted by molar-refractivity contribution is -0.138. The highest BCUT2D eigenvalue weighted by atomic mass is 16.5. The normalized spacial score (nSPS) is 13.6. The fourth-order valence-corrected chi connectivity index (χ4v) is 2.55. The SMILES string of the molecule is CCOC(=O)C1=Cc2ccc(-c3ccncc3)cc2N=C(N=NN)C1. The van der Waals surface area contributed by atoms with Crippen LogP contribution in [0.25, 0.3) is 17.2 Å². The Hall–Kier alpha value is -3.35. The summed E-state index contributed by atoms with van der Waals surface area (Å²) in [5.74, 6) is 5.13. The van der Waals surface area contributed by atoms with Gasteiger partial charge < -0.3 is 10.6 Å². The molecule has 1 aromatic heterocycles. The Morgan fingerprint density at radius 1 is 1.24 bits per heavy atom. The van der Waals surface area contributed by atoms with E-state index in [-0.39, 0.29) is 6.42 Å². The minimum atomic E-state index is -0.395. The van der Waals surface area contributed by atoms with Gasteiger partial charge in [-0.3, -0.25) is 4.98 Å². The van der Waals surface area contributed by atoms with Crippen molar-refractivity contribution in [2.75, 3.05) is 6.61 Å². The van der Waals surface area contributed by atoms with Crippen LogP contribution >= 0.6 is 0 Å². The molecule has 0 saturated carbocycles. The molecule has 0 amide bonds. The molecule has 25 heavy (non-hydrogen) atoms. The van der Waals surface area contributed by atoms with Gasteiger partial charge in [0.05, 0.1) is 12.3 Å². The van der Waals surface area contributed by atoms with Crippen LogP contribution in [-0.4, -0.2) is 23.4 Å². The molecular formula is C18H17N5O2. The lowest BCUT2D eigenvalue weighted by atomic mass is 10.0. The maximum absolute atomic E-state index is 12.1. The average Bonchev–Trinajstić information content (AvgIpc) is 2.81. The molecule has 7 heteroatoms. The average molecular weight is 335 g/mol. The number of nitrogens with two attached hydrogens (primary N) is 1. The first-order valence-electron chi connectivity index (χ1n) is 7.82. The fraction of sp³-hybridized carbons (Fsp3) is 0.167. The summed E-state index contributed by atoms with van der Waals surface area (Å²) < 4.78 is 5.10. The lowest BCUT2D eigenvalue weighted by Gasteiger charge is -2.06. The summed E-state index contributed by atoms with van der Waals surface area (Å²) in [6, 6.07) is 9.65. The predicted octanol–water partition coefficient (Wildman–Crippen LogP) is 3.45. The largest absolute Gasteiger partial charge is 0.463 e. The van der Waals surface area contributed by atoms with Gasteiger partial charge in [-0.15, -0.1) is 5.11 Å². The molecule has 0 aliphatic carbocycles. The van der Waals surface area contributed by atoms with Gasteiger partial charge in [0.15, 0.2) is 5.84 Å². The molecule has 0 atom stereocenters. The predicted molar refractivity (Wildman–Crippen MR) is 95.0 cm³/mol. The van der Waals surface area contributed by atoms with E-state index in [2.05, 4.69) is 20.3 Å². The molecule has 0 saturated heterocycles. The summed E-state index contributed by atoms with van der Waals surface area (Å²) in [5, 5.41) is 7.13. The highest BCUT2D eigenvalue weighted by molar-refractivity contribution is 6.03. The molecular weight excluding hydrogens is 318 g/mol. The third-order valence-electron chi connectivity index (χ3n) is 3.68. The van der Waals surface area contributed by atoms with Crippen molar-refractivity contribution < 1.29 is 9.53 Å². The number of ether oxygens (including phenoxy) is 1. The number of benzene rings is 1. The standard InChI is InChI=1S/C18H17N5O2/c1-2-25-18(24)15-9-14-4-3-13(12-5-7-20-8-6-12)10-16(14)21-17(11-15)22-23-19/h3-10H,2,11H2,1H3,(H2,19,21,22). The van der Waals surface area contributed by atoms with Gasteiger partial charge >= 0.3 is 5.97 Å². The Morgan fingerprint density at radius 2 is 2.04 bits per heavy atom. The van der Waals surface area contributed by atoms with Crippen molar-refractivity contribution in [3.63, 3.8) is 0 Å². The number of aromatic nitrogens is 1. The minimum Gasteiger partial charge on any atom is -0.463 e. The van der Waals surface area contributed by atoms with Crippen LogP contribution in [0.4, 0.5) is 5.69 Å². The van der Waals surface area contributed by atoms with Crippen molar-refractivity contribution in [1.82, 2.24) is 4.98 Å². The molecule has 1 aliphatic heterocycles. The smallest absolute Gasteiger partial charge is 0.334 e. The van der Waals surface area contributed by atoms with Gasteiger partial charge in [0.1, 0.15) is 0 Å². The van der Waals surface area contributed by atoms with E-state index in [9.17, 15) is 4.79 Å². The summed E-state index contributed by atoms with van der Waals surface area (Å²) in [4.78, 5) is 20.7. The number of carbonyl (C=O) groups is 1. The van der Waals surface area contributed by atoms with Crippen molar-refractivity contribution in [2.45, 2.75) is 13.3 Å². The number of nitrogens with zero attached hydrogens (tertiary/aromatic N) is 4. The molecule has 2 aromatic rings. The molecule has 3 rings (SSSR count). The molecule has 1 aliphatic rings. The monoisotopic (exact) mass is 335 g/mol. The van der Waals surface area contributed by atoms with E-state index in [0.717, 1.165) is 16.7 Å². The molecule has 0 radical (unpaired) electrons. The molecule has 0 spiro atoms. The van der Waals surface area contributed by atoms with Gasteiger partial charge in [-0.2, -0.15) is 0 Å². The van der Waals surface area contributed by atoms with E-state index in [4.69, 9.17) is 10.6 Å². The van der Waals surface area contributed by atoms with Gasteiger partial charge in [-0.25, -0.2) is 9.79 Å². The van der Waals surface area contributed by atoms with E-state index in [1.54, 1.807) is 25.4 Å². The first kappa shape index (κ1) is 16.5. The van der Waals surface area contributed by atoms with Crippen LogP contribution in [0.1, 0.15) is 18.9 Å². The number of rotatable bonds is 3. The molecule has 126 valence electrons. The van der Waals surface area contributed by atoms with Crippen LogP contribution in [0, 0.1) is 0 Å². The lowest BCUT2D eigenvalue weighted by Crippen LogP contribution is -2.10. The highest BCUT2D eigenvalue weighted by Crippen LogP contribution is 2.32. The Labute approximate surface area is 144 Å². The quantitative estimate of drug-likeness (QED) is 0.401. The molecule has 1 aromatic carbocycles. The second kappa shape index (κ2) is 7.48. The van der Waals surface area contributed by atoms with E-state index in [0.29, 0.717) is 23.7 Å². The summed E-state index contributed by atoms with van der Waals surface area (Å²) in [6.07, 6.45) is 5.44. The Bertz CT molecular complexity index is 872. The number of pyridine rings is 1. The van der Waals surface area contributed by atoms with Crippen LogP contribution < -0.4 is 5.84 Å². The van der Waals surface area contributed by atoms with E-state index in [1.165, 1.54) is 0 Å². The number of aliphatic imine (C=N–C) groups is 1. The van der Waals surface area contributed by atoms with Gasteiger partial charge in [0.2, 0.25) is 0 Å².